The number of unbranched alkanes of at least 4 members (excludes halogenated alkanes) is 2. The molecular weight excluding hydrogens is 208 g/mol. The molecule has 1 heterocycles. The van der Waals surface area contributed by atoms with Crippen molar-refractivity contribution in [2.24, 2.45) is 5.73 Å². The Labute approximate surface area is 96.8 Å². The zero-order valence-electron chi connectivity index (χ0n) is 9.41. The average molecular weight is 230 g/mol. The summed E-state index contributed by atoms with van der Waals surface area (Å²) in [5.74, 6) is 2.65. The summed E-state index contributed by atoms with van der Waals surface area (Å²) in [6, 6.07) is 0. The maximum Gasteiger partial charge on any atom is 0.222 e. The van der Waals surface area contributed by atoms with Crippen LogP contribution in [0, 0.1) is 0 Å². The van der Waals surface area contributed by atoms with Gasteiger partial charge in [-0.15, -0.1) is 0 Å². The van der Waals surface area contributed by atoms with Crippen LogP contribution in [0.1, 0.15) is 32.1 Å². The minimum absolute atomic E-state index is 0.342. The van der Waals surface area contributed by atoms with Crippen LogP contribution in [0.15, 0.2) is 0 Å². The molecule has 0 bridgehead atoms. The summed E-state index contributed by atoms with van der Waals surface area (Å²) >= 11 is 1.96. The minimum atomic E-state index is 0.342. The first-order chi connectivity index (χ1) is 7.34. The van der Waals surface area contributed by atoms with Crippen molar-refractivity contribution in [2.75, 3.05) is 31.1 Å². The molecule has 0 aromatic heterocycles. The predicted molar refractivity (Wildman–Crippen MR) is 66.0 cm³/mol. The van der Waals surface area contributed by atoms with Gasteiger partial charge < -0.3 is 10.6 Å². The second-order valence-electron chi connectivity index (χ2n) is 3.95. The van der Waals surface area contributed by atoms with E-state index in [4.69, 9.17) is 5.73 Å². The molecule has 0 aromatic rings. The second-order valence-corrected chi connectivity index (χ2v) is 5.17. The van der Waals surface area contributed by atoms with Crippen molar-refractivity contribution in [3.05, 3.63) is 0 Å². The lowest BCUT2D eigenvalue weighted by Gasteiger charge is -2.19. The number of nitrogens with zero attached hydrogens (tertiary/aromatic N) is 1. The number of rotatable bonds is 5. The van der Waals surface area contributed by atoms with Gasteiger partial charge in [-0.05, 0) is 31.6 Å². The fourth-order valence-electron chi connectivity index (χ4n) is 1.75. The molecule has 4 heteroatoms. The van der Waals surface area contributed by atoms with Crippen LogP contribution in [0.25, 0.3) is 0 Å². The molecule has 0 spiro atoms. The molecule has 3 nitrogen and oxygen atoms in total. The number of carbonyl (C=O) groups is 1. The molecule has 88 valence electrons. The summed E-state index contributed by atoms with van der Waals surface area (Å²) in [5, 5.41) is 0. The lowest BCUT2D eigenvalue weighted by Crippen LogP contribution is -2.32. The quantitative estimate of drug-likeness (QED) is 0.728. The summed E-state index contributed by atoms with van der Waals surface area (Å²) in [6.45, 7) is 2.65. The van der Waals surface area contributed by atoms with Crippen LogP contribution in [-0.2, 0) is 4.79 Å². The molecule has 1 aliphatic heterocycles. The van der Waals surface area contributed by atoms with Crippen LogP contribution in [-0.4, -0.2) is 41.9 Å². The lowest BCUT2D eigenvalue weighted by molar-refractivity contribution is -0.131. The van der Waals surface area contributed by atoms with Crippen LogP contribution in [0.5, 0.6) is 0 Å². The van der Waals surface area contributed by atoms with Gasteiger partial charge in [-0.3, -0.25) is 4.79 Å². The Morgan fingerprint density at radius 2 is 2.07 bits per heavy atom. The molecular formula is C11H22N2OS. The normalized spacial score (nSPS) is 17.5. The Kier molecular flexibility index (Phi) is 6.85. The summed E-state index contributed by atoms with van der Waals surface area (Å²) in [5.41, 5.74) is 5.41. The first-order valence-electron chi connectivity index (χ1n) is 5.90. The van der Waals surface area contributed by atoms with E-state index in [0.29, 0.717) is 12.3 Å². The summed E-state index contributed by atoms with van der Waals surface area (Å²) in [6.07, 6.45) is 5.00. The van der Waals surface area contributed by atoms with Gasteiger partial charge in [0.1, 0.15) is 0 Å². The maximum absolute atomic E-state index is 11.8. The van der Waals surface area contributed by atoms with Crippen molar-refractivity contribution < 1.29 is 4.79 Å². The summed E-state index contributed by atoms with van der Waals surface area (Å²) in [7, 11) is 0. The highest BCUT2D eigenvalue weighted by molar-refractivity contribution is 7.99. The molecule has 2 N–H and O–H groups in total. The van der Waals surface area contributed by atoms with Gasteiger partial charge in [0.2, 0.25) is 5.91 Å². The van der Waals surface area contributed by atoms with E-state index in [-0.39, 0.29) is 0 Å². The van der Waals surface area contributed by atoms with Gasteiger partial charge in [0, 0.05) is 25.3 Å². The molecule has 0 saturated carbocycles. The molecule has 15 heavy (non-hydrogen) atoms. The molecule has 0 atom stereocenters. The third-order valence-electron chi connectivity index (χ3n) is 2.67. The van der Waals surface area contributed by atoms with Gasteiger partial charge in [-0.2, -0.15) is 11.8 Å². The number of nitrogens with two attached hydrogens (primary N) is 1. The Morgan fingerprint density at radius 1 is 1.20 bits per heavy atom. The second kappa shape index (κ2) is 7.99. The number of amides is 1. The van der Waals surface area contributed by atoms with E-state index >= 15 is 0 Å². The fourth-order valence-corrected chi connectivity index (χ4v) is 2.64. The van der Waals surface area contributed by atoms with E-state index in [2.05, 4.69) is 0 Å². The maximum atomic E-state index is 11.8. The minimum Gasteiger partial charge on any atom is -0.342 e. The SMILES string of the molecule is NCCCCCC(=O)N1CCCSCC1. The number of thioether (sulfide) groups is 1. The van der Waals surface area contributed by atoms with E-state index in [0.717, 1.165) is 51.1 Å². The first kappa shape index (κ1) is 12.8. The Bertz CT molecular complexity index is 179. The van der Waals surface area contributed by atoms with Crippen molar-refractivity contribution >= 4 is 17.7 Å². The van der Waals surface area contributed by atoms with Gasteiger partial charge in [0.15, 0.2) is 0 Å². The molecule has 1 fully saturated rings. The van der Waals surface area contributed by atoms with Crippen LogP contribution in [0.3, 0.4) is 0 Å². The van der Waals surface area contributed by atoms with Crippen LogP contribution >= 0.6 is 11.8 Å². The third-order valence-corrected chi connectivity index (χ3v) is 3.72. The molecule has 1 amide bonds. The molecule has 0 radical (unpaired) electrons. The van der Waals surface area contributed by atoms with E-state index in [9.17, 15) is 4.79 Å². The van der Waals surface area contributed by atoms with Gasteiger partial charge in [0.05, 0.1) is 0 Å². The van der Waals surface area contributed by atoms with Gasteiger partial charge in [-0.25, -0.2) is 0 Å². The Balaban J connectivity index is 2.14. The Morgan fingerprint density at radius 3 is 2.87 bits per heavy atom. The molecule has 1 aliphatic rings. The smallest absolute Gasteiger partial charge is 0.222 e. The lowest BCUT2D eigenvalue weighted by atomic mass is 10.2. The van der Waals surface area contributed by atoms with E-state index in [1.54, 1.807) is 0 Å². The van der Waals surface area contributed by atoms with Crippen LogP contribution in [0.2, 0.25) is 0 Å². The molecule has 0 aromatic carbocycles. The zero-order chi connectivity index (χ0) is 10.9. The highest BCUT2D eigenvalue weighted by atomic mass is 32.2. The van der Waals surface area contributed by atoms with Gasteiger partial charge in [0.25, 0.3) is 0 Å². The molecule has 1 rings (SSSR count). The van der Waals surface area contributed by atoms with E-state index in [1.165, 1.54) is 5.75 Å². The molecule has 0 aliphatic carbocycles. The van der Waals surface area contributed by atoms with Gasteiger partial charge in [-0.1, -0.05) is 6.42 Å². The topological polar surface area (TPSA) is 46.3 Å². The van der Waals surface area contributed by atoms with Crippen molar-refractivity contribution in [1.82, 2.24) is 4.90 Å². The van der Waals surface area contributed by atoms with Crippen molar-refractivity contribution in [2.45, 2.75) is 32.1 Å². The van der Waals surface area contributed by atoms with Crippen LogP contribution < -0.4 is 5.73 Å². The van der Waals surface area contributed by atoms with E-state index < -0.39 is 0 Å². The summed E-state index contributed by atoms with van der Waals surface area (Å²) in [4.78, 5) is 13.8. The zero-order valence-corrected chi connectivity index (χ0v) is 10.2. The molecule has 1 saturated heterocycles. The predicted octanol–water partition coefficient (Wildman–Crippen LogP) is 1.47. The number of hydrogen-bond acceptors (Lipinski definition) is 3. The Hall–Kier alpha value is -0.220. The number of hydrogen-bond donors (Lipinski definition) is 1. The fraction of sp³-hybridized carbons (Fsp3) is 0.909. The van der Waals surface area contributed by atoms with Crippen LogP contribution in [0.4, 0.5) is 0 Å². The summed E-state index contributed by atoms with van der Waals surface area (Å²) < 4.78 is 0. The van der Waals surface area contributed by atoms with Crippen molar-refractivity contribution in [1.29, 1.82) is 0 Å². The molecule has 0 unspecified atom stereocenters. The standard InChI is InChI=1S/C11H22N2OS/c12-6-3-1-2-5-11(14)13-7-4-9-15-10-8-13/h1-10,12H2. The van der Waals surface area contributed by atoms with E-state index in [1.807, 2.05) is 16.7 Å². The highest BCUT2D eigenvalue weighted by Gasteiger charge is 2.14. The average Bonchev–Trinajstić information content (AvgIpc) is 2.52. The number of carbonyl (C=O) groups excluding carboxylic acids is 1. The van der Waals surface area contributed by atoms with Crippen molar-refractivity contribution in [3.63, 3.8) is 0 Å². The highest BCUT2D eigenvalue weighted by Crippen LogP contribution is 2.12. The van der Waals surface area contributed by atoms with Crippen molar-refractivity contribution in [3.8, 4) is 0 Å². The first-order valence-corrected chi connectivity index (χ1v) is 7.05. The largest absolute Gasteiger partial charge is 0.342 e. The third kappa shape index (κ3) is 5.42. The monoisotopic (exact) mass is 230 g/mol. The van der Waals surface area contributed by atoms with Gasteiger partial charge >= 0.3 is 0 Å².